The molecular weight excluding hydrogens is 312 g/mol. The summed E-state index contributed by atoms with van der Waals surface area (Å²) in [5.74, 6) is 1.43. The fourth-order valence-electron chi connectivity index (χ4n) is 2.79. The molecule has 3 heterocycles. The summed E-state index contributed by atoms with van der Waals surface area (Å²) in [6.45, 7) is 0.947. The summed E-state index contributed by atoms with van der Waals surface area (Å²) in [5.41, 5.74) is 0.494. The van der Waals surface area contributed by atoms with Crippen LogP contribution in [0.4, 0.5) is 0 Å². The van der Waals surface area contributed by atoms with E-state index in [9.17, 15) is 4.79 Å². The van der Waals surface area contributed by atoms with Gasteiger partial charge in [-0.25, -0.2) is 0 Å². The minimum atomic E-state index is -0.126. The van der Waals surface area contributed by atoms with Crippen LogP contribution in [0.5, 0.6) is 0 Å². The van der Waals surface area contributed by atoms with Crippen LogP contribution in [-0.2, 0) is 18.8 Å². The molecule has 0 bridgehead atoms. The summed E-state index contributed by atoms with van der Waals surface area (Å²) in [6, 6.07) is 7.25. The molecule has 4 rings (SSSR count). The predicted molar refractivity (Wildman–Crippen MR) is 87.2 cm³/mol. The average Bonchev–Trinajstić information content (AvgIpc) is 2.81. The van der Waals surface area contributed by atoms with Gasteiger partial charge in [0, 0.05) is 13.0 Å². The van der Waals surface area contributed by atoms with E-state index in [1.807, 2.05) is 12.1 Å². The zero-order valence-corrected chi connectivity index (χ0v) is 13.4. The van der Waals surface area contributed by atoms with E-state index in [2.05, 4.69) is 25.1 Å². The molecule has 0 aliphatic carbocycles. The summed E-state index contributed by atoms with van der Waals surface area (Å²) in [4.78, 5) is 12.4. The van der Waals surface area contributed by atoms with E-state index < -0.39 is 0 Å². The highest BCUT2D eigenvalue weighted by atomic mass is 32.2. The number of nitrogens with zero attached hydrogens (tertiary/aromatic N) is 6. The Labute approximate surface area is 136 Å². The van der Waals surface area contributed by atoms with Crippen molar-refractivity contribution in [2.24, 2.45) is 0 Å². The van der Waals surface area contributed by atoms with Crippen LogP contribution in [0.25, 0.3) is 10.9 Å². The Balaban J connectivity index is 1.59. The molecule has 118 valence electrons. The lowest BCUT2D eigenvalue weighted by Gasteiger charge is -2.07. The topological polar surface area (TPSA) is 78.5 Å². The molecular formula is C15H16N6OS. The van der Waals surface area contributed by atoms with Crippen molar-refractivity contribution in [1.82, 2.24) is 29.8 Å². The Bertz CT molecular complexity index is 902. The third-order valence-corrected chi connectivity index (χ3v) is 4.95. The van der Waals surface area contributed by atoms with Crippen molar-refractivity contribution >= 4 is 22.7 Å². The maximum Gasteiger partial charge on any atom is 0.278 e. The molecule has 1 aliphatic heterocycles. The summed E-state index contributed by atoms with van der Waals surface area (Å²) in [5, 5.41) is 18.1. The molecule has 0 saturated heterocycles. The normalized spacial score (nSPS) is 14.6. The van der Waals surface area contributed by atoms with Crippen LogP contribution < -0.4 is 5.56 Å². The standard InChI is InChI=1S/C15H16N6OS/c22-14-11-6-3-4-7-12(11)16-19-21(14)10-23-15-18-17-13-8-2-1-5-9-20(13)15/h3-4,6-7H,1-2,5,8-10H2. The summed E-state index contributed by atoms with van der Waals surface area (Å²) < 4.78 is 3.54. The quantitative estimate of drug-likeness (QED) is 0.683. The lowest BCUT2D eigenvalue weighted by atomic mass is 10.2. The van der Waals surface area contributed by atoms with Gasteiger partial charge >= 0.3 is 0 Å². The SMILES string of the molecule is O=c1c2ccccc2nnn1CSc1nnc2n1CCCCC2. The number of fused-ring (bicyclic) bond motifs is 2. The van der Waals surface area contributed by atoms with Crippen LogP contribution in [0, 0.1) is 0 Å². The molecule has 0 N–H and O–H groups in total. The van der Waals surface area contributed by atoms with Gasteiger partial charge < -0.3 is 4.57 Å². The zero-order chi connectivity index (χ0) is 15.6. The highest BCUT2D eigenvalue weighted by Crippen LogP contribution is 2.22. The highest BCUT2D eigenvalue weighted by Gasteiger charge is 2.15. The van der Waals surface area contributed by atoms with Gasteiger partial charge in [0.25, 0.3) is 5.56 Å². The van der Waals surface area contributed by atoms with Gasteiger partial charge in [-0.3, -0.25) is 4.79 Å². The first kappa shape index (κ1) is 14.4. The number of aryl methyl sites for hydroxylation is 1. The van der Waals surface area contributed by atoms with Crippen molar-refractivity contribution in [2.45, 2.75) is 43.3 Å². The summed E-state index contributed by atoms with van der Waals surface area (Å²) >= 11 is 1.48. The third-order valence-electron chi connectivity index (χ3n) is 4.02. The second-order valence-electron chi connectivity index (χ2n) is 5.55. The van der Waals surface area contributed by atoms with Crippen LogP contribution in [0.3, 0.4) is 0 Å². The van der Waals surface area contributed by atoms with Gasteiger partial charge in [0.15, 0.2) is 5.16 Å². The fourth-order valence-corrected chi connectivity index (χ4v) is 3.65. The van der Waals surface area contributed by atoms with Gasteiger partial charge in [0.2, 0.25) is 0 Å². The van der Waals surface area contributed by atoms with E-state index in [4.69, 9.17) is 0 Å². The van der Waals surface area contributed by atoms with E-state index in [0.29, 0.717) is 16.8 Å². The highest BCUT2D eigenvalue weighted by molar-refractivity contribution is 7.98. The number of rotatable bonds is 3. The number of benzene rings is 1. The second kappa shape index (κ2) is 6.11. The maximum absolute atomic E-state index is 12.4. The molecule has 2 aromatic heterocycles. The second-order valence-corrected chi connectivity index (χ2v) is 6.46. The minimum Gasteiger partial charge on any atom is -0.306 e. The largest absolute Gasteiger partial charge is 0.306 e. The molecule has 7 nitrogen and oxygen atoms in total. The fraction of sp³-hybridized carbons (Fsp3) is 0.400. The van der Waals surface area contributed by atoms with Crippen molar-refractivity contribution < 1.29 is 0 Å². The lowest BCUT2D eigenvalue weighted by molar-refractivity contribution is 0.587. The maximum atomic E-state index is 12.4. The van der Waals surface area contributed by atoms with Gasteiger partial charge in [-0.1, -0.05) is 35.5 Å². The van der Waals surface area contributed by atoms with Gasteiger partial charge in [-0.2, -0.15) is 4.68 Å². The van der Waals surface area contributed by atoms with E-state index in [1.54, 1.807) is 12.1 Å². The number of hydrogen-bond acceptors (Lipinski definition) is 6. The predicted octanol–water partition coefficient (Wildman–Crippen LogP) is 1.86. The number of aromatic nitrogens is 6. The van der Waals surface area contributed by atoms with Crippen LogP contribution in [0.1, 0.15) is 25.1 Å². The van der Waals surface area contributed by atoms with Crippen LogP contribution in [0.2, 0.25) is 0 Å². The van der Waals surface area contributed by atoms with Crippen LogP contribution in [-0.4, -0.2) is 29.8 Å². The Morgan fingerprint density at radius 2 is 2.00 bits per heavy atom. The van der Waals surface area contributed by atoms with Crippen molar-refractivity contribution in [3.05, 3.63) is 40.4 Å². The number of thioether (sulfide) groups is 1. The molecule has 1 aromatic carbocycles. The first-order valence-corrected chi connectivity index (χ1v) is 8.69. The molecule has 0 radical (unpaired) electrons. The van der Waals surface area contributed by atoms with Crippen LogP contribution in [0.15, 0.2) is 34.2 Å². The Morgan fingerprint density at radius 1 is 1.09 bits per heavy atom. The Hall–Kier alpha value is -2.22. The van der Waals surface area contributed by atoms with Crippen molar-refractivity contribution in [3.8, 4) is 0 Å². The third kappa shape index (κ3) is 2.74. The molecule has 23 heavy (non-hydrogen) atoms. The van der Waals surface area contributed by atoms with Crippen molar-refractivity contribution in [2.75, 3.05) is 0 Å². The van der Waals surface area contributed by atoms with Gasteiger partial charge in [-0.15, -0.1) is 15.3 Å². The smallest absolute Gasteiger partial charge is 0.278 e. The Kier molecular flexibility index (Phi) is 3.82. The Morgan fingerprint density at radius 3 is 2.96 bits per heavy atom. The monoisotopic (exact) mass is 328 g/mol. The number of hydrogen-bond donors (Lipinski definition) is 0. The summed E-state index contributed by atoms with van der Waals surface area (Å²) in [6.07, 6.45) is 4.51. The van der Waals surface area contributed by atoms with Crippen molar-refractivity contribution in [1.29, 1.82) is 0 Å². The molecule has 3 aromatic rings. The molecule has 0 saturated carbocycles. The summed E-state index contributed by atoms with van der Waals surface area (Å²) in [7, 11) is 0. The van der Waals surface area contributed by atoms with Gasteiger partial charge in [-0.05, 0) is 25.0 Å². The molecule has 0 unspecified atom stereocenters. The van der Waals surface area contributed by atoms with Gasteiger partial charge in [0.1, 0.15) is 11.3 Å². The van der Waals surface area contributed by atoms with Crippen molar-refractivity contribution in [3.63, 3.8) is 0 Å². The van der Waals surface area contributed by atoms with E-state index in [-0.39, 0.29) is 5.56 Å². The van der Waals surface area contributed by atoms with E-state index in [0.717, 1.165) is 30.4 Å². The first-order chi connectivity index (χ1) is 11.3. The minimum absolute atomic E-state index is 0.126. The average molecular weight is 328 g/mol. The molecule has 0 fully saturated rings. The molecule has 0 spiro atoms. The molecule has 0 atom stereocenters. The zero-order valence-electron chi connectivity index (χ0n) is 12.6. The lowest BCUT2D eigenvalue weighted by Crippen LogP contribution is -2.23. The molecule has 0 amide bonds. The molecule has 8 heteroatoms. The van der Waals surface area contributed by atoms with Crippen LogP contribution >= 0.6 is 11.8 Å². The van der Waals surface area contributed by atoms with E-state index in [1.165, 1.54) is 29.3 Å². The van der Waals surface area contributed by atoms with E-state index >= 15 is 0 Å². The molecule has 1 aliphatic rings. The first-order valence-electron chi connectivity index (χ1n) is 7.70. The van der Waals surface area contributed by atoms with Gasteiger partial charge in [0.05, 0.1) is 11.3 Å².